The van der Waals surface area contributed by atoms with Gasteiger partial charge in [-0.25, -0.2) is 0 Å². The van der Waals surface area contributed by atoms with Crippen LogP contribution in [0.3, 0.4) is 0 Å². The summed E-state index contributed by atoms with van der Waals surface area (Å²) in [6.07, 6.45) is 3.69. The highest BCUT2D eigenvalue weighted by atomic mass is 16.6. The molecule has 3 rings (SSSR count). The maximum Gasteiger partial charge on any atom is 0.270 e. The van der Waals surface area contributed by atoms with Crippen LogP contribution in [-0.2, 0) is 0 Å². The number of piperazine rings is 1. The van der Waals surface area contributed by atoms with Crippen molar-refractivity contribution >= 4 is 17.3 Å². The van der Waals surface area contributed by atoms with Crippen LogP contribution in [0.4, 0.5) is 11.4 Å². The van der Waals surface area contributed by atoms with Crippen molar-refractivity contribution in [2.24, 2.45) is 0 Å². The van der Waals surface area contributed by atoms with Gasteiger partial charge in [-0.3, -0.25) is 19.8 Å². The fourth-order valence-electron chi connectivity index (χ4n) is 3.60. The number of benzene rings is 1. The first-order valence-corrected chi connectivity index (χ1v) is 8.09. The predicted molar refractivity (Wildman–Crippen MR) is 87.9 cm³/mol. The summed E-state index contributed by atoms with van der Waals surface area (Å²) in [4.78, 5) is 27.4. The smallest absolute Gasteiger partial charge is 0.270 e. The lowest BCUT2D eigenvalue weighted by Gasteiger charge is -2.45. The topological polar surface area (TPSA) is 78.7 Å². The van der Waals surface area contributed by atoms with Gasteiger partial charge in [0.05, 0.1) is 16.2 Å². The number of carbonyl (C=O) groups excluding carboxylic acids is 1. The molecule has 0 aliphatic carbocycles. The van der Waals surface area contributed by atoms with Gasteiger partial charge in [-0.15, -0.1) is 0 Å². The maximum atomic E-state index is 12.2. The summed E-state index contributed by atoms with van der Waals surface area (Å²) in [5.74, 6) is -0.283. The molecule has 1 N–H and O–H groups in total. The lowest BCUT2D eigenvalue weighted by atomic mass is 9.98. The number of nitro benzene ring substituents is 1. The fraction of sp³-hybridized carbons (Fsp3) is 0.562. The molecule has 0 saturated carbocycles. The number of anilines is 1. The number of carbonyl (C=O) groups is 1. The number of amides is 1. The van der Waals surface area contributed by atoms with E-state index in [9.17, 15) is 14.9 Å². The fourth-order valence-corrected chi connectivity index (χ4v) is 3.60. The molecule has 23 heavy (non-hydrogen) atoms. The molecule has 1 amide bonds. The van der Waals surface area contributed by atoms with E-state index in [1.54, 1.807) is 13.1 Å². The number of piperidine rings is 1. The first kappa shape index (κ1) is 15.7. The molecule has 1 aromatic carbocycles. The Morgan fingerprint density at radius 2 is 2.13 bits per heavy atom. The largest absolute Gasteiger partial charge is 0.368 e. The van der Waals surface area contributed by atoms with Crippen molar-refractivity contribution in [2.45, 2.75) is 25.3 Å². The van der Waals surface area contributed by atoms with Gasteiger partial charge in [-0.2, -0.15) is 0 Å². The molecule has 7 heteroatoms. The molecule has 1 unspecified atom stereocenters. The zero-order valence-corrected chi connectivity index (χ0v) is 13.3. The number of nitrogens with one attached hydrogen (secondary N) is 1. The third-order valence-corrected chi connectivity index (χ3v) is 4.84. The zero-order valence-electron chi connectivity index (χ0n) is 13.3. The summed E-state index contributed by atoms with van der Waals surface area (Å²) >= 11 is 0. The Labute approximate surface area is 135 Å². The summed E-state index contributed by atoms with van der Waals surface area (Å²) in [5, 5.41) is 13.6. The van der Waals surface area contributed by atoms with Gasteiger partial charge in [0.2, 0.25) is 0 Å². The summed E-state index contributed by atoms with van der Waals surface area (Å²) < 4.78 is 0. The molecular weight excluding hydrogens is 296 g/mol. The van der Waals surface area contributed by atoms with Gasteiger partial charge in [-0.05, 0) is 25.5 Å². The number of fused-ring (bicyclic) bond motifs is 1. The number of nitro groups is 1. The SMILES string of the molecule is CNC(=O)c1cc([N+](=O)[O-])ccc1N1CCN2CCCCC2C1. The normalized spacial score (nSPS) is 21.6. The van der Waals surface area contributed by atoms with Crippen LogP contribution in [0.25, 0.3) is 0 Å². The van der Waals surface area contributed by atoms with E-state index in [-0.39, 0.29) is 11.6 Å². The molecule has 124 valence electrons. The molecule has 2 heterocycles. The standard InChI is InChI=1S/C16H22N4O3/c1-17-16(21)14-10-12(20(22)23)5-6-15(14)19-9-8-18-7-3-2-4-13(18)11-19/h5-6,10,13H,2-4,7-9,11H2,1H3,(H,17,21). The van der Waals surface area contributed by atoms with E-state index in [4.69, 9.17) is 0 Å². The Morgan fingerprint density at radius 1 is 1.30 bits per heavy atom. The van der Waals surface area contributed by atoms with Gasteiger partial charge in [0.15, 0.2) is 0 Å². The van der Waals surface area contributed by atoms with Gasteiger partial charge < -0.3 is 10.2 Å². The Morgan fingerprint density at radius 3 is 2.87 bits per heavy atom. The summed E-state index contributed by atoms with van der Waals surface area (Å²) in [6.45, 7) is 3.86. The molecule has 2 fully saturated rings. The molecule has 2 aliphatic rings. The second-order valence-corrected chi connectivity index (χ2v) is 6.17. The minimum atomic E-state index is -0.463. The third kappa shape index (κ3) is 3.14. The summed E-state index contributed by atoms with van der Waals surface area (Å²) in [6, 6.07) is 5.09. The molecule has 1 aromatic rings. The number of nitrogens with zero attached hydrogens (tertiary/aromatic N) is 3. The van der Waals surface area contributed by atoms with E-state index in [0.717, 1.165) is 31.9 Å². The van der Waals surface area contributed by atoms with E-state index >= 15 is 0 Å². The Balaban J connectivity index is 1.89. The highest BCUT2D eigenvalue weighted by molar-refractivity contribution is 6.00. The lowest BCUT2D eigenvalue weighted by Crippen LogP contribution is -2.55. The quantitative estimate of drug-likeness (QED) is 0.677. The van der Waals surface area contributed by atoms with Crippen molar-refractivity contribution in [1.82, 2.24) is 10.2 Å². The second-order valence-electron chi connectivity index (χ2n) is 6.17. The second kappa shape index (κ2) is 6.54. The number of hydrogen-bond donors (Lipinski definition) is 1. The average molecular weight is 318 g/mol. The average Bonchev–Trinajstić information content (AvgIpc) is 2.60. The number of non-ortho nitro benzene ring substituents is 1. The first-order chi connectivity index (χ1) is 11.1. The molecule has 1 atom stereocenters. The zero-order chi connectivity index (χ0) is 16.4. The van der Waals surface area contributed by atoms with Crippen LogP contribution in [0.2, 0.25) is 0 Å². The molecule has 0 radical (unpaired) electrons. The molecule has 0 spiro atoms. The molecule has 2 saturated heterocycles. The van der Waals surface area contributed by atoms with Crippen LogP contribution < -0.4 is 10.2 Å². The van der Waals surface area contributed by atoms with Crippen molar-refractivity contribution in [1.29, 1.82) is 0 Å². The van der Waals surface area contributed by atoms with Gasteiger partial charge in [0.25, 0.3) is 11.6 Å². The van der Waals surface area contributed by atoms with Crippen LogP contribution in [0, 0.1) is 10.1 Å². The Hall–Kier alpha value is -2.15. The minimum Gasteiger partial charge on any atom is -0.368 e. The van der Waals surface area contributed by atoms with Gasteiger partial charge in [0, 0.05) is 44.9 Å². The molecule has 0 aromatic heterocycles. The minimum absolute atomic E-state index is 0.0522. The van der Waals surface area contributed by atoms with E-state index in [1.807, 2.05) is 0 Å². The van der Waals surface area contributed by atoms with Gasteiger partial charge >= 0.3 is 0 Å². The van der Waals surface area contributed by atoms with Crippen molar-refractivity contribution in [2.75, 3.05) is 38.1 Å². The van der Waals surface area contributed by atoms with E-state index < -0.39 is 4.92 Å². The highest BCUT2D eigenvalue weighted by Gasteiger charge is 2.30. The predicted octanol–water partition coefficient (Wildman–Crippen LogP) is 1.63. The van der Waals surface area contributed by atoms with E-state index in [2.05, 4.69) is 15.1 Å². The summed E-state index contributed by atoms with van der Waals surface area (Å²) in [7, 11) is 1.55. The Kier molecular flexibility index (Phi) is 4.47. The lowest BCUT2D eigenvalue weighted by molar-refractivity contribution is -0.384. The van der Waals surface area contributed by atoms with Crippen molar-refractivity contribution < 1.29 is 9.72 Å². The summed E-state index contributed by atoms with van der Waals surface area (Å²) in [5.41, 5.74) is 1.12. The monoisotopic (exact) mass is 318 g/mol. The highest BCUT2D eigenvalue weighted by Crippen LogP contribution is 2.29. The van der Waals surface area contributed by atoms with E-state index in [1.165, 1.54) is 31.4 Å². The van der Waals surface area contributed by atoms with Crippen LogP contribution in [0.5, 0.6) is 0 Å². The van der Waals surface area contributed by atoms with Gasteiger partial charge in [-0.1, -0.05) is 6.42 Å². The van der Waals surface area contributed by atoms with Crippen molar-refractivity contribution in [3.63, 3.8) is 0 Å². The number of hydrogen-bond acceptors (Lipinski definition) is 5. The molecule has 2 aliphatic heterocycles. The van der Waals surface area contributed by atoms with Crippen LogP contribution >= 0.6 is 0 Å². The first-order valence-electron chi connectivity index (χ1n) is 8.09. The van der Waals surface area contributed by atoms with Crippen molar-refractivity contribution in [3.8, 4) is 0 Å². The Bertz CT molecular complexity index is 619. The molecule has 7 nitrogen and oxygen atoms in total. The third-order valence-electron chi connectivity index (χ3n) is 4.84. The maximum absolute atomic E-state index is 12.2. The van der Waals surface area contributed by atoms with Crippen LogP contribution in [0.1, 0.15) is 29.6 Å². The van der Waals surface area contributed by atoms with Crippen LogP contribution in [-0.4, -0.2) is 55.0 Å². The molecule has 0 bridgehead atoms. The van der Waals surface area contributed by atoms with E-state index in [0.29, 0.717) is 11.6 Å². The molecular formula is C16H22N4O3. The van der Waals surface area contributed by atoms with Crippen LogP contribution in [0.15, 0.2) is 18.2 Å². The van der Waals surface area contributed by atoms with Gasteiger partial charge in [0.1, 0.15) is 0 Å². The number of rotatable bonds is 3. The van der Waals surface area contributed by atoms with Crippen molar-refractivity contribution in [3.05, 3.63) is 33.9 Å².